The molecule has 2 aromatic heterocycles. The van der Waals surface area contributed by atoms with Crippen molar-refractivity contribution in [2.45, 2.75) is 13.3 Å². The molecule has 5 nitrogen and oxygen atoms in total. The zero-order valence-corrected chi connectivity index (χ0v) is 18.2. The summed E-state index contributed by atoms with van der Waals surface area (Å²) in [6.07, 6.45) is 0.346. The Balaban J connectivity index is 1.36. The molecule has 0 radical (unpaired) electrons. The maximum absolute atomic E-state index is 13.0. The lowest BCUT2D eigenvalue weighted by Crippen LogP contribution is -2.51. The first-order chi connectivity index (χ1) is 14.5. The molecule has 0 unspecified atom stereocenters. The molecule has 1 fully saturated rings. The summed E-state index contributed by atoms with van der Waals surface area (Å²) in [5.41, 5.74) is 3.18. The molecule has 4 rings (SSSR count). The average molecular weight is 440 g/mol. The Labute approximate surface area is 184 Å². The highest BCUT2D eigenvalue weighted by Gasteiger charge is 2.26. The van der Waals surface area contributed by atoms with Gasteiger partial charge < -0.3 is 9.80 Å². The average Bonchev–Trinajstić information content (AvgIpc) is 3.30. The number of nitrogens with zero attached hydrogens (tertiary/aromatic N) is 3. The molecule has 0 saturated carbocycles. The van der Waals surface area contributed by atoms with Gasteiger partial charge in [0, 0.05) is 31.2 Å². The third kappa shape index (κ3) is 4.55. The number of thiophene rings is 1. The second kappa shape index (κ2) is 8.98. The van der Waals surface area contributed by atoms with E-state index in [4.69, 9.17) is 11.6 Å². The van der Waals surface area contributed by atoms with Gasteiger partial charge in [0.25, 0.3) is 5.91 Å². The van der Waals surface area contributed by atoms with E-state index in [0.717, 1.165) is 21.8 Å². The first-order valence-corrected chi connectivity index (χ1v) is 11.1. The number of halogens is 1. The van der Waals surface area contributed by atoms with Crippen LogP contribution in [0.5, 0.6) is 0 Å². The minimum Gasteiger partial charge on any atom is -0.339 e. The van der Waals surface area contributed by atoms with Gasteiger partial charge in [0.1, 0.15) is 0 Å². The Bertz CT molecular complexity index is 1040. The first-order valence-electron chi connectivity index (χ1n) is 9.84. The molecule has 0 spiro atoms. The van der Waals surface area contributed by atoms with Gasteiger partial charge in [-0.2, -0.15) is 0 Å². The van der Waals surface area contributed by atoms with Crippen molar-refractivity contribution in [3.8, 4) is 10.6 Å². The van der Waals surface area contributed by atoms with Crippen LogP contribution in [0.2, 0.25) is 5.02 Å². The number of hydrogen-bond acceptors (Lipinski definition) is 4. The number of carbonyl (C=O) groups is 2. The van der Waals surface area contributed by atoms with E-state index >= 15 is 0 Å². The van der Waals surface area contributed by atoms with Crippen molar-refractivity contribution in [1.82, 2.24) is 14.8 Å². The second-order valence-corrected chi connectivity index (χ2v) is 8.67. The summed E-state index contributed by atoms with van der Waals surface area (Å²) in [4.78, 5) is 34.9. The molecule has 30 heavy (non-hydrogen) atoms. The lowest BCUT2D eigenvalue weighted by Gasteiger charge is -2.35. The third-order valence-electron chi connectivity index (χ3n) is 5.28. The van der Waals surface area contributed by atoms with E-state index in [1.807, 2.05) is 53.6 Å². The molecule has 0 bridgehead atoms. The molecule has 1 aromatic carbocycles. The number of aryl methyl sites for hydroxylation is 1. The van der Waals surface area contributed by atoms with Crippen LogP contribution < -0.4 is 0 Å². The largest absolute Gasteiger partial charge is 0.339 e. The predicted octanol–water partition coefficient (Wildman–Crippen LogP) is 4.30. The first kappa shape index (κ1) is 20.6. The molecule has 1 saturated heterocycles. The summed E-state index contributed by atoms with van der Waals surface area (Å²) in [5.74, 6) is 0.0464. The number of amides is 2. The summed E-state index contributed by atoms with van der Waals surface area (Å²) < 4.78 is 0. The van der Waals surface area contributed by atoms with Crippen LogP contribution in [-0.2, 0) is 11.2 Å². The quantitative estimate of drug-likeness (QED) is 0.609. The Hall–Kier alpha value is -2.70. The molecule has 0 atom stereocenters. The molecule has 7 heteroatoms. The Morgan fingerprint density at radius 2 is 1.70 bits per heavy atom. The summed E-state index contributed by atoms with van der Waals surface area (Å²) >= 11 is 7.53. The smallest absolute Gasteiger partial charge is 0.255 e. The van der Waals surface area contributed by atoms with E-state index in [0.29, 0.717) is 43.2 Å². The molecule has 0 N–H and O–H groups in total. The Morgan fingerprint density at radius 3 is 2.33 bits per heavy atom. The second-order valence-electron chi connectivity index (χ2n) is 7.28. The van der Waals surface area contributed by atoms with Gasteiger partial charge in [0.2, 0.25) is 5.91 Å². The minimum absolute atomic E-state index is 0.0254. The zero-order chi connectivity index (χ0) is 21.1. The maximum atomic E-state index is 13.0. The fraction of sp³-hybridized carbons (Fsp3) is 0.261. The number of carbonyl (C=O) groups excluding carboxylic acids is 2. The highest BCUT2D eigenvalue weighted by molar-refractivity contribution is 7.13. The molecular formula is C23H22ClN3O2S. The van der Waals surface area contributed by atoms with E-state index in [-0.39, 0.29) is 11.8 Å². The Kier molecular flexibility index (Phi) is 6.16. The van der Waals surface area contributed by atoms with Crippen LogP contribution in [0, 0.1) is 6.92 Å². The van der Waals surface area contributed by atoms with Gasteiger partial charge in [-0.1, -0.05) is 29.8 Å². The van der Waals surface area contributed by atoms with Crippen molar-refractivity contribution in [3.63, 3.8) is 0 Å². The van der Waals surface area contributed by atoms with E-state index in [1.165, 1.54) is 0 Å². The number of piperazine rings is 1. The molecule has 1 aliphatic heterocycles. The number of rotatable bonds is 4. The van der Waals surface area contributed by atoms with Crippen LogP contribution in [0.15, 0.2) is 53.9 Å². The summed E-state index contributed by atoms with van der Waals surface area (Å²) in [6.45, 7) is 4.00. The highest BCUT2D eigenvalue weighted by Crippen LogP contribution is 2.24. The highest BCUT2D eigenvalue weighted by atomic mass is 35.5. The minimum atomic E-state index is -0.0254. The fourth-order valence-corrected chi connectivity index (χ4v) is 4.39. The number of aromatic nitrogens is 1. The van der Waals surface area contributed by atoms with Crippen molar-refractivity contribution < 1.29 is 9.59 Å². The van der Waals surface area contributed by atoms with Crippen LogP contribution in [-0.4, -0.2) is 52.8 Å². The van der Waals surface area contributed by atoms with Crippen molar-refractivity contribution >= 4 is 34.8 Å². The third-order valence-corrected chi connectivity index (χ3v) is 6.42. The normalized spacial score (nSPS) is 14.1. The molecule has 0 aliphatic carbocycles. The molecule has 3 aromatic rings. The zero-order valence-electron chi connectivity index (χ0n) is 16.7. The monoisotopic (exact) mass is 439 g/mol. The van der Waals surface area contributed by atoms with Crippen molar-refractivity contribution in [2.75, 3.05) is 26.2 Å². The maximum Gasteiger partial charge on any atom is 0.255 e. The fourth-order valence-electron chi connectivity index (χ4n) is 3.57. The summed E-state index contributed by atoms with van der Waals surface area (Å²) in [6, 6.07) is 15.1. The van der Waals surface area contributed by atoms with Gasteiger partial charge in [-0.15, -0.1) is 11.3 Å². The number of pyridine rings is 1. The summed E-state index contributed by atoms with van der Waals surface area (Å²) in [5, 5.41) is 2.67. The van der Waals surface area contributed by atoms with Crippen LogP contribution in [0.4, 0.5) is 0 Å². The summed E-state index contributed by atoms with van der Waals surface area (Å²) in [7, 11) is 0. The van der Waals surface area contributed by atoms with Crippen LogP contribution in [0.1, 0.15) is 21.6 Å². The van der Waals surface area contributed by atoms with E-state index in [1.54, 1.807) is 28.4 Å². The van der Waals surface area contributed by atoms with Crippen molar-refractivity contribution in [2.24, 2.45) is 0 Å². The van der Waals surface area contributed by atoms with Crippen LogP contribution in [0.25, 0.3) is 10.6 Å². The number of benzene rings is 1. The van der Waals surface area contributed by atoms with Gasteiger partial charge in [-0.25, -0.2) is 0 Å². The van der Waals surface area contributed by atoms with Crippen molar-refractivity contribution in [1.29, 1.82) is 0 Å². The van der Waals surface area contributed by atoms with Gasteiger partial charge in [-0.3, -0.25) is 14.6 Å². The van der Waals surface area contributed by atoms with Crippen LogP contribution >= 0.6 is 22.9 Å². The topological polar surface area (TPSA) is 53.5 Å². The van der Waals surface area contributed by atoms with Gasteiger partial charge in [0.05, 0.1) is 28.2 Å². The lowest BCUT2D eigenvalue weighted by atomic mass is 10.1. The Morgan fingerprint density at radius 1 is 1.00 bits per heavy atom. The van der Waals surface area contributed by atoms with Gasteiger partial charge in [-0.05, 0) is 48.2 Å². The predicted molar refractivity (Wildman–Crippen MR) is 120 cm³/mol. The SMILES string of the molecule is Cc1nc(-c2cccs2)ccc1C(=O)N1CCN(C(=O)Cc2ccc(Cl)cc2)CC1. The van der Waals surface area contributed by atoms with Crippen LogP contribution in [0.3, 0.4) is 0 Å². The molecule has 3 heterocycles. The van der Waals surface area contributed by atoms with E-state index in [9.17, 15) is 9.59 Å². The number of hydrogen-bond donors (Lipinski definition) is 0. The molecule has 2 amide bonds. The van der Waals surface area contributed by atoms with Gasteiger partial charge >= 0.3 is 0 Å². The molecule has 1 aliphatic rings. The molecule has 154 valence electrons. The van der Waals surface area contributed by atoms with Crippen molar-refractivity contribution in [3.05, 3.63) is 75.8 Å². The molecular weight excluding hydrogens is 418 g/mol. The lowest BCUT2D eigenvalue weighted by molar-refractivity contribution is -0.131. The van der Waals surface area contributed by atoms with E-state index < -0.39 is 0 Å². The van der Waals surface area contributed by atoms with Gasteiger partial charge in [0.15, 0.2) is 0 Å². The van der Waals surface area contributed by atoms with E-state index in [2.05, 4.69) is 4.98 Å². The standard InChI is InChI=1S/C23H22ClN3O2S/c1-16-19(8-9-20(25-16)21-3-2-14-30-21)23(29)27-12-10-26(11-13-27)22(28)15-17-4-6-18(24)7-5-17/h2-9,14H,10-13,15H2,1H3.